The number of rotatable bonds is 11. The molecule has 2 rings (SSSR count). The van der Waals surface area contributed by atoms with E-state index < -0.39 is 0 Å². The van der Waals surface area contributed by atoms with Gasteiger partial charge in [-0.3, -0.25) is 4.99 Å². The third kappa shape index (κ3) is 8.98. The molecular formula is C23H37N5O3. The average Bonchev–Trinajstić information content (AvgIpc) is 3.22. The molecule has 0 radical (unpaired) electrons. The van der Waals surface area contributed by atoms with Crippen molar-refractivity contribution in [2.24, 2.45) is 4.99 Å². The Kier molecular flexibility index (Phi) is 9.81. The molecule has 0 unspecified atom stereocenters. The van der Waals surface area contributed by atoms with Crippen molar-refractivity contribution in [2.45, 2.75) is 39.3 Å². The summed E-state index contributed by atoms with van der Waals surface area (Å²) < 4.78 is 16.8. The number of likely N-dealkylation sites (N-methyl/N-ethyl adjacent to an activating group) is 1. The SMILES string of the molecule is CN=C(NCc1cccc(OCCN(C)CCOC)c1)NCc1ncc(C(C)(C)C)o1. The van der Waals surface area contributed by atoms with E-state index in [2.05, 4.69) is 59.4 Å². The first-order valence-electron chi connectivity index (χ1n) is 10.6. The minimum atomic E-state index is -0.0579. The van der Waals surface area contributed by atoms with Crippen LogP contribution in [0.3, 0.4) is 0 Å². The van der Waals surface area contributed by atoms with Crippen molar-refractivity contribution < 1.29 is 13.9 Å². The Bertz CT molecular complexity index is 814. The van der Waals surface area contributed by atoms with Crippen molar-refractivity contribution >= 4 is 5.96 Å². The lowest BCUT2D eigenvalue weighted by Gasteiger charge is -2.16. The highest BCUT2D eigenvalue weighted by Crippen LogP contribution is 2.22. The Labute approximate surface area is 186 Å². The smallest absolute Gasteiger partial charge is 0.213 e. The number of benzene rings is 1. The summed E-state index contributed by atoms with van der Waals surface area (Å²) in [6.45, 7) is 10.5. The number of nitrogens with zero attached hydrogens (tertiary/aromatic N) is 3. The molecular weight excluding hydrogens is 394 g/mol. The lowest BCUT2D eigenvalue weighted by Crippen LogP contribution is -2.36. The van der Waals surface area contributed by atoms with Gasteiger partial charge in [-0.15, -0.1) is 0 Å². The molecule has 8 nitrogen and oxygen atoms in total. The van der Waals surface area contributed by atoms with E-state index >= 15 is 0 Å². The number of methoxy groups -OCH3 is 1. The standard InChI is InChI=1S/C23H37N5O3/c1-23(2,3)20-16-25-21(31-20)17-27-22(24-4)26-15-18-8-7-9-19(14-18)30-13-11-28(5)10-12-29-6/h7-9,14,16H,10-13,15,17H2,1-6H3,(H2,24,26,27). The minimum absolute atomic E-state index is 0.0579. The maximum absolute atomic E-state index is 5.89. The lowest BCUT2D eigenvalue weighted by molar-refractivity contribution is 0.150. The Morgan fingerprint density at radius 1 is 1.16 bits per heavy atom. The molecule has 2 N–H and O–H groups in total. The van der Waals surface area contributed by atoms with Gasteiger partial charge in [-0.25, -0.2) is 4.98 Å². The number of nitrogens with one attached hydrogen (secondary N) is 2. The summed E-state index contributed by atoms with van der Waals surface area (Å²) in [6.07, 6.45) is 1.79. The zero-order chi connectivity index (χ0) is 22.7. The maximum Gasteiger partial charge on any atom is 0.213 e. The highest BCUT2D eigenvalue weighted by molar-refractivity contribution is 5.79. The summed E-state index contributed by atoms with van der Waals surface area (Å²) in [7, 11) is 5.51. The van der Waals surface area contributed by atoms with Crippen LogP contribution in [0.4, 0.5) is 0 Å². The van der Waals surface area contributed by atoms with E-state index in [1.807, 2.05) is 18.2 Å². The zero-order valence-electron chi connectivity index (χ0n) is 19.7. The highest BCUT2D eigenvalue weighted by atomic mass is 16.5. The van der Waals surface area contributed by atoms with Crippen molar-refractivity contribution in [1.29, 1.82) is 0 Å². The molecule has 0 aliphatic carbocycles. The molecule has 1 aromatic heterocycles. The number of hydrogen-bond donors (Lipinski definition) is 2. The first-order valence-corrected chi connectivity index (χ1v) is 10.6. The van der Waals surface area contributed by atoms with Gasteiger partial charge in [-0.05, 0) is 24.7 Å². The molecule has 0 fully saturated rings. The molecule has 31 heavy (non-hydrogen) atoms. The van der Waals surface area contributed by atoms with Crippen LogP contribution in [-0.2, 0) is 23.2 Å². The number of aliphatic imine (C=N–C) groups is 1. The van der Waals surface area contributed by atoms with Crippen LogP contribution in [-0.4, -0.2) is 63.4 Å². The van der Waals surface area contributed by atoms with Crippen LogP contribution in [0.15, 0.2) is 39.9 Å². The molecule has 8 heteroatoms. The molecule has 0 bridgehead atoms. The average molecular weight is 432 g/mol. The monoisotopic (exact) mass is 431 g/mol. The Morgan fingerprint density at radius 2 is 1.90 bits per heavy atom. The number of guanidine groups is 1. The van der Waals surface area contributed by atoms with Crippen LogP contribution in [0.2, 0.25) is 0 Å². The molecule has 0 spiro atoms. The molecule has 1 aromatic carbocycles. The van der Waals surface area contributed by atoms with E-state index in [9.17, 15) is 0 Å². The second-order valence-electron chi connectivity index (χ2n) is 8.44. The third-order valence-electron chi connectivity index (χ3n) is 4.70. The first-order chi connectivity index (χ1) is 14.8. The molecule has 1 heterocycles. The fourth-order valence-electron chi connectivity index (χ4n) is 2.73. The van der Waals surface area contributed by atoms with Crippen molar-refractivity contribution in [3.8, 4) is 5.75 Å². The number of hydrogen-bond acceptors (Lipinski definition) is 6. The van der Waals surface area contributed by atoms with Crippen LogP contribution in [0, 0.1) is 0 Å². The zero-order valence-corrected chi connectivity index (χ0v) is 19.7. The Morgan fingerprint density at radius 3 is 2.58 bits per heavy atom. The van der Waals surface area contributed by atoms with E-state index in [4.69, 9.17) is 13.9 Å². The van der Waals surface area contributed by atoms with Crippen molar-refractivity contribution in [2.75, 3.05) is 47.5 Å². The topological polar surface area (TPSA) is 84.2 Å². The van der Waals surface area contributed by atoms with Crippen LogP contribution in [0.25, 0.3) is 0 Å². The van der Waals surface area contributed by atoms with Gasteiger partial charge in [0.25, 0.3) is 0 Å². The number of oxazole rings is 1. The van der Waals surface area contributed by atoms with Crippen LogP contribution < -0.4 is 15.4 Å². The van der Waals surface area contributed by atoms with Gasteiger partial charge in [-0.1, -0.05) is 32.9 Å². The van der Waals surface area contributed by atoms with Crippen LogP contribution in [0.5, 0.6) is 5.75 Å². The van der Waals surface area contributed by atoms with Crippen molar-refractivity contribution in [3.05, 3.63) is 47.7 Å². The predicted molar refractivity (Wildman–Crippen MR) is 124 cm³/mol. The normalized spacial score (nSPS) is 12.3. The molecule has 0 saturated heterocycles. The molecule has 2 aromatic rings. The summed E-state index contributed by atoms with van der Waals surface area (Å²) >= 11 is 0. The fourth-order valence-corrected chi connectivity index (χ4v) is 2.73. The quantitative estimate of drug-likeness (QED) is 0.418. The molecule has 0 amide bonds. The van der Waals surface area contributed by atoms with E-state index in [1.54, 1.807) is 20.4 Å². The van der Waals surface area contributed by atoms with Gasteiger partial charge in [-0.2, -0.15) is 0 Å². The molecule has 0 aliphatic heterocycles. The maximum atomic E-state index is 5.89. The Hall–Kier alpha value is -2.58. The Balaban J connectivity index is 1.78. The van der Waals surface area contributed by atoms with E-state index in [1.165, 1.54) is 0 Å². The largest absolute Gasteiger partial charge is 0.492 e. The molecule has 0 saturated carbocycles. The van der Waals surface area contributed by atoms with Gasteiger partial charge in [0.05, 0.1) is 19.3 Å². The fraction of sp³-hybridized carbons (Fsp3) is 0.565. The van der Waals surface area contributed by atoms with E-state index in [0.717, 1.165) is 36.8 Å². The number of ether oxygens (including phenoxy) is 2. The van der Waals surface area contributed by atoms with Gasteiger partial charge >= 0.3 is 0 Å². The van der Waals surface area contributed by atoms with Gasteiger partial charge < -0.3 is 29.4 Å². The minimum Gasteiger partial charge on any atom is -0.492 e. The molecule has 172 valence electrons. The summed E-state index contributed by atoms with van der Waals surface area (Å²) in [5.74, 6) is 3.05. The second-order valence-corrected chi connectivity index (χ2v) is 8.44. The summed E-state index contributed by atoms with van der Waals surface area (Å²) in [6, 6.07) is 8.07. The summed E-state index contributed by atoms with van der Waals surface area (Å²) in [4.78, 5) is 10.8. The van der Waals surface area contributed by atoms with Crippen LogP contribution >= 0.6 is 0 Å². The lowest BCUT2D eigenvalue weighted by atomic mass is 9.94. The highest BCUT2D eigenvalue weighted by Gasteiger charge is 2.19. The summed E-state index contributed by atoms with van der Waals surface area (Å²) in [5.41, 5.74) is 1.05. The number of aromatic nitrogens is 1. The predicted octanol–water partition coefficient (Wildman–Crippen LogP) is 2.79. The molecule has 0 aliphatic rings. The van der Waals surface area contributed by atoms with E-state index in [0.29, 0.717) is 31.5 Å². The van der Waals surface area contributed by atoms with E-state index in [-0.39, 0.29) is 5.41 Å². The van der Waals surface area contributed by atoms with Crippen molar-refractivity contribution in [1.82, 2.24) is 20.5 Å². The van der Waals surface area contributed by atoms with Crippen LogP contribution in [0.1, 0.15) is 38.0 Å². The molecule has 0 atom stereocenters. The van der Waals surface area contributed by atoms with Crippen molar-refractivity contribution in [3.63, 3.8) is 0 Å². The third-order valence-corrected chi connectivity index (χ3v) is 4.70. The second kappa shape index (κ2) is 12.3. The first kappa shape index (κ1) is 24.7. The van der Waals surface area contributed by atoms with Gasteiger partial charge in [0, 0.05) is 39.2 Å². The van der Waals surface area contributed by atoms with Gasteiger partial charge in [0.2, 0.25) is 5.89 Å². The van der Waals surface area contributed by atoms with Gasteiger partial charge in [0.15, 0.2) is 5.96 Å². The van der Waals surface area contributed by atoms with Gasteiger partial charge in [0.1, 0.15) is 18.1 Å². The summed E-state index contributed by atoms with van der Waals surface area (Å²) in [5, 5.41) is 6.54.